The van der Waals surface area contributed by atoms with Gasteiger partial charge in [-0.05, 0) is 70.2 Å². The number of carbonyl (C=O) groups is 3. The zero-order valence-corrected chi connectivity index (χ0v) is 22.6. The molecule has 9 heteroatoms. The summed E-state index contributed by atoms with van der Waals surface area (Å²) in [5.74, 6) is -0.518. The fourth-order valence-corrected chi connectivity index (χ4v) is 4.48. The summed E-state index contributed by atoms with van der Waals surface area (Å²) in [6.07, 6.45) is 2.44. The first-order valence-corrected chi connectivity index (χ1v) is 13.1. The summed E-state index contributed by atoms with van der Waals surface area (Å²) in [5.41, 5.74) is 0.856. The van der Waals surface area contributed by atoms with Crippen molar-refractivity contribution in [3.8, 4) is 11.5 Å². The van der Waals surface area contributed by atoms with Crippen LogP contribution in [-0.2, 0) is 16.0 Å². The van der Waals surface area contributed by atoms with Crippen LogP contribution in [0.3, 0.4) is 0 Å². The normalized spacial score (nSPS) is 14.6. The number of nitrogens with zero attached hydrogens (tertiary/aromatic N) is 1. The highest BCUT2D eigenvalue weighted by Crippen LogP contribution is 2.36. The molecule has 2 aromatic carbocycles. The van der Waals surface area contributed by atoms with E-state index in [9.17, 15) is 19.5 Å². The number of aliphatic carboxylic acids is 1. The molecule has 0 bridgehead atoms. The Bertz CT molecular complexity index is 1090. The van der Waals surface area contributed by atoms with Gasteiger partial charge in [0, 0.05) is 6.54 Å². The second-order valence-electron chi connectivity index (χ2n) is 9.44. The number of unbranched alkanes of at least 4 members (excludes halogenated alkanes) is 1. The molecule has 1 heterocycles. The van der Waals surface area contributed by atoms with Crippen LogP contribution in [0.2, 0.25) is 0 Å². The number of hydrogen-bond acceptors (Lipinski definition) is 6. The lowest BCUT2D eigenvalue weighted by Gasteiger charge is -2.40. The first-order chi connectivity index (χ1) is 18.2. The van der Waals surface area contributed by atoms with Crippen molar-refractivity contribution in [2.45, 2.75) is 58.5 Å². The molecular formula is C29H38N2O7. The van der Waals surface area contributed by atoms with Crippen molar-refractivity contribution in [1.82, 2.24) is 10.2 Å². The smallest absolute Gasteiger partial charge is 0.334 e. The van der Waals surface area contributed by atoms with E-state index < -0.39 is 23.6 Å². The first-order valence-electron chi connectivity index (χ1n) is 13.1. The van der Waals surface area contributed by atoms with Gasteiger partial charge < -0.3 is 29.5 Å². The van der Waals surface area contributed by atoms with E-state index >= 15 is 0 Å². The van der Waals surface area contributed by atoms with Gasteiger partial charge in [-0.3, -0.25) is 4.79 Å². The highest BCUT2D eigenvalue weighted by molar-refractivity contribution is 5.99. The van der Waals surface area contributed by atoms with Crippen LogP contribution in [0.25, 0.3) is 0 Å². The molecule has 0 radical (unpaired) electrons. The molecule has 1 fully saturated rings. The Morgan fingerprint density at radius 1 is 1.05 bits per heavy atom. The van der Waals surface area contributed by atoms with Crippen molar-refractivity contribution in [1.29, 1.82) is 0 Å². The zero-order chi connectivity index (χ0) is 27.7. The molecule has 0 aromatic heterocycles. The molecule has 38 heavy (non-hydrogen) atoms. The number of ether oxygens (including phenoxy) is 3. The van der Waals surface area contributed by atoms with E-state index in [-0.39, 0.29) is 19.0 Å². The average molecular weight is 527 g/mol. The lowest BCUT2D eigenvalue weighted by Crippen LogP contribution is -2.68. The molecule has 0 spiro atoms. The Morgan fingerprint density at radius 2 is 1.66 bits per heavy atom. The van der Waals surface area contributed by atoms with Crippen molar-refractivity contribution in [3.05, 3.63) is 59.2 Å². The van der Waals surface area contributed by atoms with Gasteiger partial charge in [0.25, 0.3) is 0 Å². The van der Waals surface area contributed by atoms with E-state index in [1.165, 1.54) is 12.5 Å². The van der Waals surface area contributed by atoms with Crippen LogP contribution in [0.5, 0.6) is 11.5 Å². The van der Waals surface area contributed by atoms with Gasteiger partial charge in [0.2, 0.25) is 0 Å². The number of nitrogens with one attached hydrogen (secondary N) is 1. The number of hydrogen-bond donors (Lipinski definition) is 2. The Morgan fingerprint density at radius 3 is 2.13 bits per heavy atom. The highest BCUT2D eigenvalue weighted by atomic mass is 16.5. The van der Waals surface area contributed by atoms with E-state index in [4.69, 9.17) is 14.2 Å². The molecule has 2 aromatic rings. The molecule has 0 unspecified atom stereocenters. The third-order valence-corrected chi connectivity index (χ3v) is 6.66. The monoisotopic (exact) mass is 526 g/mol. The number of carboxylic acids is 1. The largest absolute Gasteiger partial charge is 0.493 e. The summed E-state index contributed by atoms with van der Waals surface area (Å²) >= 11 is 0. The highest BCUT2D eigenvalue weighted by Gasteiger charge is 2.48. The van der Waals surface area contributed by atoms with E-state index in [0.717, 1.165) is 12.8 Å². The lowest BCUT2D eigenvalue weighted by atomic mass is 9.97. The Hall–Kier alpha value is -3.59. The van der Waals surface area contributed by atoms with E-state index in [1.54, 1.807) is 17.0 Å². The maximum atomic E-state index is 13.5. The van der Waals surface area contributed by atoms with Gasteiger partial charge in [0.05, 0.1) is 32.5 Å². The quantitative estimate of drug-likeness (QED) is 0.272. The number of Topliss-reactive ketones (excluding diaryl/α,β-unsaturated/α-hetero) is 1. The maximum Gasteiger partial charge on any atom is 0.334 e. The van der Waals surface area contributed by atoms with Gasteiger partial charge in [-0.2, -0.15) is 0 Å². The molecule has 0 saturated carbocycles. The predicted molar refractivity (Wildman–Crippen MR) is 143 cm³/mol. The molecular weight excluding hydrogens is 488 g/mol. The van der Waals surface area contributed by atoms with Crippen LogP contribution in [0.4, 0.5) is 4.79 Å². The van der Waals surface area contributed by atoms with Crippen LogP contribution in [-0.4, -0.2) is 66.3 Å². The lowest BCUT2D eigenvalue weighted by molar-refractivity contribution is -0.164. The predicted octanol–water partition coefficient (Wildman–Crippen LogP) is 4.64. The Balaban J connectivity index is 1.89. The molecule has 1 aliphatic rings. The van der Waals surface area contributed by atoms with Crippen molar-refractivity contribution < 1.29 is 33.7 Å². The minimum atomic E-state index is -1.44. The van der Waals surface area contributed by atoms with Crippen LogP contribution >= 0.6 is 0 Å². The fourth-order valence-electron chi connectivity index (χ4n) is 4.48. The zero-order valence-electron chi connectivity index (χ0n) is 22.6. The Labute approximate surface area is 224 Å². The summed E-state index contributed by atoms with van der Waals surface area (Å²) in [6, 6.07) is 12.7. The molecule has 9 nitrogen and oxygen atoms in total. The molecule has 1 aliphatic heterocycles. The number of aryl methyl sites for hydroxylation is 1. The van der Waals surface area contributed by atoms with Crippen molar-refractivity contribution in [2.24, 2.45) is 0 Å². The molecule has 206 valence electrons. The summed E-state index contributed by atoms with van der Waals surface area (Å²) in [4.78, 5) is 39.4. The standard InChI is InChI=1S/C29H38N2O7/c1-5-37-24-16-23(17-25(38-6-2)26(24)21(4)32)20(3)31(15-11-10-14-22-12-8-7-9-13-22)28(35)30-29(27(33)34)18-36-19-29/h7-9,12-13,16-17,20H,5-6,10-11,14-15,18-19H2,1-4H3,(H,30,35)(H,33,34)/t20-/m1/s1. The van der Waals surface area contributed by atoms with E-state index in [2.05, 4.69) is 17.4 Å². The maximum absolute atomic E-state index is 13.5. The van der Waals surface area contributed by atoms with Crippen LogP contribution in [0.15, 0.2) is 42.5 Å². The van der Waals surface area contributed by atoms with Crippen molar-refractivity contribution >= 4 is 17.8 Å². The van der Waals surface area contributed by atoms with Gasteiger partial charge in [-0.15, -0.1) is 0 Å². The minimum Gasteiger partial charge on any atom is -0.493 e. The number of urea groups is 1. The SMILES string of the molecule is CCOc1cc([C@@H](C)N(CCCCc2ccccc2)C(=O)NC2(C(=O)O)COC2)cc(OCC)c1C(C)=O. The van der Waals surface area contributed by atoms with Crippen LogP contribution in [0, 0.1) is 0 Å². The van der Waals surface area contributed by atoms with Gasteiger partial charge in [0.15, 0.2) is 11.3 Å². The summed E-state index contributed by atoms with van der Waals surface area (Å²) in [6.45, 7) is 7.94. The topological polar surface area (TPSA) is 114 Å². The van der Waals surface area contributed by atoms with Gasteiger partial charge >= 0.3 is 12.0 Å². The molecule has 2 N–H and O–H groups in total. The number of ketones is 1. The van der Waals surface area contributed by atoms with Gasteiger partial charge in [-0.25, -0.2) is 9.59 Å². The van der Waals surface area contributed by atoms with E-state index in [0.29, 0.717) is 48.8 Å². The third kappa shape index (κ3) is 6.83. The number of benzene rings is 2. The number of carboxylic acid groups (broad SMARTS) is 1. The van der Waals surface area contributed by atoms with Gasteiger partial charge in [-0.1, -0.05) is 30.3 Å². The van der Waals surface area contributed by atoms with E-state index in [1.807, 2.05) is 39.0 Å². The summed E-state index contributed by atoms with van der Waals surface area (Å²) in [5, 5.41) is 12.4. The van der Waals surface area contributed by atoms with Gasteiger partial charge in [0.1, 0.15) is 17.1 Å². The van der Waals surface area contributed by atoms with Crippen molar-refractivity contribution in [2.75, 3.05) is 33.0 Å². The second kappa shape index (κ2) is 13.3. The minimum absolute atomic E-state index is 0.0828. The summed E-state index contributed by atoms with van der Waals surface area (Å²) < 4.78 is 16.7. The summed E-state index contributed by atoms with van der Waals surface area (Å²) in [7, 11) is 0. The molecule has 0 aliphatic carbocycles. The van der Waals surface area contributed by atoms with Crippen LogP contribution in [0.1, 0.15) is 68.1 Å². The number of amides is 2. The second-order valence-corrected chi connectivity index (χ2v) is 9.44. The fraction of sp³-hybridized carbons (Fsp3) is 0.483. The molecule has 2 amide bonds. The Kier molecular flexibility index (Phi) is 10.1. The average Bonchev–Trinajstić information content (AvgIpc) is 2.86. The van der Waals surface area contributed by atoms with Crippen molar-refractivity contribution in [3.63, 3.8) is 0 Å². The first kappa shape index (κ1) is 29.0. The number of rotatable bonds is 14. The number of carbonyl (C=O) groups excluding carboxylic acids is 2. The molecule has 3 rings (SSSR count). The third-order valence-electron chi connectivity index (χ3n) is 6.66. The van der Waals surface area contributed by atoms with Crippen LogP contribution < -0.4 is 14.8 Å². The molecule has 1 saturated heterocycles. The molecule has 1 atom stereocenters.